The molecule has 340 valence electrons. The molecule has 0 bridgehead atoms. The Morgan fingerprint density at radius 3 is 2.17 bits per heavy atom. The number of likely N-dealkylation sites (N-methyl/N-ethyl adjacent to an activating group) is 1. The van der Waals surface area contributed by atoms with Crippen molar-refractivity contribution in [2.24, 2.45) is 16.3 Å². The first-order chi connectivity index (χ1) is 31.3. The Kier molecular flexibility index (Phi) is 13.7. The van der Waals surface area contributed by atoms with Gasteiger partial charge in [-0.1, -0.05) is 75.2 Å². The molecule has 1 saturated heterocycles. The second kappa shape index (κ2) is 19.4. The number of aliphatic imine (C=N–C) groups is 1. The molecule has 7 rings (SSSR count). The number of alkyl carbamates (subject to hydrolysis) is 2. The van der Waals surface area contributed by atoms with E-state index in [2.05, 4.69) is 90.3 Å². The van der Waals surface area contributed by atoms with E-state index in [-0.39, 0.29) is 42.3 Å². The van der Waals surface area contributed by atoms with Gasteiger partial charge < -0.3 is 39.9 Å². The molecule has 1 spiro atoms. The summed E-state index contributed by atoms with van der Waals surface area (Å²) in [6.07, 6.45) is 13.1. The second-order valence-electron chi connectivity index (χ2n) is 17.4. The molecule has 2 aromatic heterocycles. The minimum absolute atomic E-state index is 0.0689. The average molecular weight is 883 g/mol. The van der Waals surface area contributed by atoms with Gasteiger partial charge in [0.05, 0.1) is 57.1 Å². The van der Waals surface area contributed by atoms with Crippen molar-refractivity contribution < 1.29 is 28.7 Å². The van der Waals surface area contributed by atoms with E-state index in [1.807, 2.05) is 37.1 Å². The summed E-state index contributed by atoms with van der Waals surface area (Å²) >= 11 is 0. The number of benzene rings is 3. The molecule has 1 aliphatic carbocycles. The molecule has 1 saturated carbocycles. The molecule has 2 aliphatic rings. The smallest absolute Gasteiger partial charge is 0.407 e. The number of H-pyrrole nitrogens is 2. The van der Waals surface area contributed by atoms with Gasteiger partial charge in [-0.3, -0.25) is 19.9 Å². The lowest BCUT2D eigenvalue weighted by molar-refractivity contribution is -0.136. The van der Waals surface area contributed by atoms with E-state index in [1.165, 1.54) is 14.2 Å². The van der Waals surface area contributed by atoms with Crippen molar-refractivity contribution in [3.63, 3.8) is 0 Å². The fourth-order valence-corrected chi connectivity index (χ4v) is 8.64. The highest BCUT2D eigenvalue weighted by Crippen LogP contribution is 2.58. The fourth-order valence-electron chi connectivity index (χ4n) is 8.64. The Morgan fingerprint density at radius 2 is 1.55 bits per heavy atom. The number of nitrogens with one attached hydrogen (secondary N) is 5. The minimum atomic E-state index is -1.05. The highest BCUT2D eigenvalue weighted by molar-refractivity contribution is 5.91. The van der Waals surface area contributed by atoms with Gasteiger partial charge in [-0.2, -0.15) is 0 Å². The number of fused-ring (bicyclic) bond motifs is 1. The Labute approximate surface area is 379 Å². The van der Waals surface area contributed by atoms with Gasteiger partial charge in [-0.15, -0.1) is 6.42 Å². The van der Waals surface area contributed by atoms with Crippen molar-refractivity contribution in [3.8, 4) is 46.0 Å². The van der Waals surface area contributed by atoms with Crippen LogP contribution in [0.25, 0.3) is 44.4 Å². The topological polar surface area (TPSA) is 199 Å². The number of likely N-dealkylation sites (tertiary alicyclic amines) is 1. The van der Waals surface area contributed by atoms with Crippen molar-refractivity contribution in [3.05, 3.63) is 84.7 Å². The molecular formula is C49H58N10O6. The Hall–Kier alpha value is -6.99. The first-order valence-corrected chi connectivity index (χ1v) is 21.9. The van der Waals surface area contributed by atoms with Crippen molar-refractivity contribution in [2.45, 2.75) is 76.7 Å². The molecule has 4 atom stereocenters. The van der Waals surface area contributed by atoms with E-state index in [4.69, 9.17) is 20.9 Å². The molecule has 2 fully saturated rings. The molecule has 5 aromatic rings. The lowest BCUT2D eigenvalue weighted by Crippen LogP contribution is -2.57. The SMILES string of the molecule is C#CC(C=NC)(CN(Cc1ncc(-c2ccc(-c3ccc4cc(-c5cnc(C6CC7(CC7)CN6C(=O)C(NC(=O)OC)C(C)C)[nH]5)ccc4c3)cc2)[nH]1)C(=O)C(CC)NC(=O)OC)NC. The van der Waals surface area contributed by atoms with Crippen LogP contribution in [0.15, 0.2) is 78.0 Å². The van der Waals surface area contributed by atoms with Crippen LogP contribution in [0.2, 0.25) is 0 Å². The van der Waals surface area contributed by atoms with Crippen molar-refractivity contribution in [1.29, 1.82) is 0 Å². The third-order valence-electron chi connectivity index (χ3n) is 12.7. The predicted molar refractivity (Wildman–Crippen MR) is 250 cm³/mol. The number of hydrogen-bond acceptors (Lipinski definition) is 10. The number of aromatic nitrogens is 4. The highest BCUT2D eigenvalue weighted by atomic mass is 16.5. The van der Waals surface area contributed by atoms with Gasteiger partial charge >= 0.3 is 12.2 Å². The summed E-state index contributed by atoms with van der Waals surface area (Å²) in [5, 5.41) is 10.6. The summed E-state index contributed by atoms with van der Waals surface area (Å²) in [4.78, 5) is 75.9. The number of terminal acetylenes is 1. The zero-order valence-electron chi connectivity index (χ0n) is 38.0. The number of ether oxygens (including phenoxy) is 2. The van der Waals surface area contributed by atoms with Crippen LogP contribution in [0.4, 0.5) is 9.59 Å². The Morgan fingerprint density at radius 1 is 0.938 bits per heavy atom. The van der Waals surface area contributed by atoms with Gasteiger partial charge in [0.25, 0.3) is 0 Å². The summed E-state index contributed by atoms with van der Waals surface area (Å²) in [5.41, 5.74) is 4.69. The summed E-state index contributed by atoms with van der Waals surface area (Å²) in [5.74, 6) is 3.42. The summed E-state index contributed by atoms with van der Waals surface area (Å²) in [6, 6.07) is 19.1. The zero-order chi connectivity index (χ0) is 46.5. The maximum Gasteiger partial charge on any atom is 0.407 e. The monoisotopic (exact) mass is 882 g/mol. The Balaban J connectivity index is 1.05. The first kappa shape index (κ1) is 46.0. The van der Waals surface area contributed by atoms with Gasteiger partial charge in [-0.05, 0) is 83.7 Å². The van der Waals surface area contributed by atoms with E-state index in [1.54, 1.807) is 38.3 Å². The summed E-state index contributed by atoms with van der Waals surface area (Å²) in [7, 11) is 5.86. The van der Waals surface area contributed by atoms with E-state index in [9.17, 15) is 19.2 Å². The van der Waals surface area contributed by atoms with Crippen molar-refractivity contribution in [2.75, 3.05) is 41.4 Å². The standard InChI is InChI=1S/C49H58N10O6/c1-9-37(56-46(62)64-7)44(60)58(29-49(10-2,51-6)27-50-5)26-41-52-24-38(54-41)32-13-11-31(12-14-32)33-15-16-35-22-36(18-17-34(35)21-33)39-25-53-43(55-39)40-23-48(19-20-48)28-59(40)45(61)42(30(3)4)57-47(63)65-8/h2,11-18,21-22,24-25,27,30,37,40,42,51H,9,19-20,23,26,28-29H2,1,3-8H3,(H,52,54)(H,53,55)(H,56,62)(H,57,63). The van der Waals surface area contributed by atoms with E-state index < -0.39 is 29.8 Å². The van der Waals surface area contributed by atoms with Crippen LogP contribution in [0, 0.1) is 23.7 Å². The van der Waals surface area contributed by atoms with Crippen LogP contribution in [0.3, 0.4) is 0 Å². The van der Waals surface area contributed by atoms with Gasteiger partial charge in [0.15, 0.2) is 0 Å². The molecule has 4 amide bonds. The van der Waals surface area contributed by atoms with Crippen LogP contribution in [-0.2, 0) is 25.6 Å². The van der Waals surface area contributed by atoms with Gasteiger partial charge in [0.1, 0.15) is 29.3 Å². The third-order valence-corrected chi connectivity index (χ3v) is 12.7. The van der Waals surface area contributed by atoms with Crippen LogP contribution in [-0.4, -0.2) is 119 Å². The molecule has 16 nitrogen and oxygen atoms in total. The van der Waals surface area contributed by atoms with Gasteiger partial charge in [0, 0.05) is 25.4 Å². The molecule has 16 heteroatoms. The van der Waals surface area contributed by atoms with E-state index >= 15 is 0 Å². The van der Waals surface area contributed by atoms with Crippen LogP contribution in [0.1, 0.15) is 64.1 Å². The maximum absolute atomic E-state index is 13.9. The highest BCUT2D eigenvalue weighted by Gasteiger charge is 2.55. The number of aromatic amines is 2. The van der Waals surface area contributed by atoms with Gasteiger partial charge in [0.2, 0.25) is 11.8 Å². The summed E-state index contributed by atoms with van der Waals surface area (Å²) < 4.78 is 9.58. The largest absolute Gasteiger partial charge is 0.453 e. The summed E-state index contributed by atoms with van der Waals surface area (Å²) in [6.45, 7) is 6.45. The number of imidazole rings is 2. The normalized spacial score (nSPS) is 17.1. The number of hydrogen-bond donors (Lipinski definition) is 5. The predicted octanol–water partition coefficient (Wildman–Crippen LogP) is 6.48. The number of nitrogens with zero attached hydrogens (tertiary/aromatic N) is 5. The molecule has 1 aliphatic heterocycles. The van der Waals surface area contributed by atoms with E-state index in [0.717, 1.165) is 69.5 Å². The molecule has 4 unspecified atom stereocenters. The first-order valence-electron chi connectivity index (χ1n) is 21.9. The maximum atomic E-state index is 13.9. The van der Waals surface area contributed by atoms with E-state index in [0.29, 0.717) is 18.8 Å². The van der Waals surface area contributed by atoms with Crippen LogP contribution >= 0.6 is 0 Å². The lowest BCUT2D eigenvalue weighted by atomic mass is 9.98. The fraction of sp³-hybridized carbons (Fsp3) is 0.408. The number of methoxy groups -OCH3 is 2. The zero-order valence-corrected chi connectivity index (χ0v) is 38.0. The second-order valence-corrected chi connectivity index (χ2v) is 17.4. The van der Waals surface area contributed by atoms with Crippen LogP contribution < -0.4 is 16.0 Å². The molecule has 5 N–H and O–H groups in total. The lowest BCUT2D eigenvalue weighted by Gasteiger charge is -2.33. The molecule has 65 heavy (non-hydrogen) atoms. The molecular weight excluding hydrogens is 825 g/mol. The quantitative estimate of drug-likeness (QED) is 0.0544. The minimum Gasteiger partial charge on any atom is -0.453 e. The number of carbonyl (C=O) groups is 4. The van der Waals surface area contributed by atoms with Gasteiger partial charge in [-0.25, -0.2) is 19.6 Å². The molecule has 3 heterocycles. The number of rotatable bonds is 16. The van der Waals surface area contributed by atoms with Crippen molar-refractivity contribution >= 4 is 41.0 Å². The molecule has 3 aromatic carbocycles. The number of amides is 4. The van der Waals surface area contributed by atoms with Crippen LogP contribution in [0.5, 0.6) is 0 Å². The Bertz CT molecular complexity index is 2610. The molecule has 0 radical (unpaired) electrons. The van der Waals surface area contributed by atoms with Crippen molar-refractivity contribution in [1.82, 2.24) is 45.7 Å². The third kappa shape index (κ3) is 10.1. The average Bonchev–Trinajstić information content (AvgIpc) is 3.63. The number of carbonyl (C=O) groups excluding carboxylic acids is 4.